The largest absolute Gasteiger partial charge is 0.388 e. The summed E-state index contributed by atoms with van der Waals surface area (Å²) in [6, 6.07) is 6.31. The fourth-order valence-electron chi connectivity index (χ4n) is 3.08. The third kappa shape index (κ3) is 3.25. The minimum atomic E-state index is -3.91. The van der Waals surface area contributed by atoms with Crippen LogP contribution in [0.2, 0.25) is 0 Å². The fourth-order valence-corrected chi connectivity index (χ4v) is 4.15. The molecule has 0 spiro atoms. The third-order valence-corrected chi connectivity index (χ3v) is 5.65. The van der Waals surface area contributed by atoms with Gasteiger partial charge in [0.05, 0.1) is 4.90 Å². The SMILES string of the molecule is CNc1cccc(S(=O)(=O)NC(=O)[C@@H]2CCC[C@@H]2c2ncn[nH]2)c1. The highest BCUT2D eigenvalue weighted by Gasteiger charge is 2.37. The van der Waals surface area contributed by atoms with Gasteiger partial charge in [0.25, 0.3) is 10.0 Å². The van der Waals surface area contributed by atoms with Gasteiger partial charge >= 0.3 is 0 Å². The molecule has 1 saturated carbocycles. The Kier molecular flexibility index (Phi) is 4.52. The summed E-state index contributed by atoms with van der Waals surface area (Å²) in [4.78, 5) is 16.7. The Morgan fingerprint density at radius 2 is 2.17 bits per heavy atom. The maximum Gasteiger partial charge on any atom is 0.264 e. The first-order valence-electron chi connectivity index (χ1n) is 7.71. The highest BCUT2D eigenvalue weighted by molar-refractivity contribution is 7.90. The fraction of sp³-hybridized carbons (Fsp3) is 0.400. The van der Waals surface area contributed by atoms with Gasteiger partial charge in [-0.25, -0.2) is 18.1 Å². The van der Waals surface area contributed by atoms with Crippen LogP contribution in [0.3, 0.4) is 0 Å². The lowest BCUT2D eigenvalue weighted by Crippen LogP contribution is -2.36. The molecule has 1 aromatic carbocycles. The lowest BCUT2D eigenvalue weighted by molar-refractivity contribution is -0.123. The van der Waals surface area contributed by atoms with Crippen LogP contribution in [-0.2, 0) is 14.8 Å². The molecule has 0 unspecified atom stereocenters. The number of hydrogen-bond donors (Lipinski definition) is 3. The van der Waals surface area contributed by atoms with E-state index >= 15 is 0 Å². The van der Waals surface area contributed by atoms with Crippen molar-refractivity contribution in [2.24, 2.45) is 5.92 Å². The number of amides is 1. The molecule has 3 N–H and O–H groups in total. The highest BCUT2D eigenvalue weighted by atomic mass is 32.2. The summed E-state index contributed by atoms with van der Waals surface area (Å²) in [5.74, 6) is -0.433. The molecule has 8 nitrogen and oxygen atoms in total. The van der Waals surface area contributed by atoms with Gasteiger partial charge in [0.2, 0.25) is 5.91 Å². The van der Waals surface area contributed by atoms with Crippen LogP contribution < -0.4 is 10.0 Å². The van der Waals surface area contributed by atoms with Crippen LogP contribution in [0.5, 0.6) is 0 Å². The number of sulfonamides is 1. The van der Waals surface area contributed by atoms with Gasteiger partial charge in [-0.1, -0.05) is 12.5 Å². The third-order valence-electron chi connectivity index (χ3n) is 4.31. The summed E-state index contributed by atoms with van der Waals surface area (Å²) in [5.41, 5.74) is 0.658. The molecule has 1 aliphatic carbocycles. The van der Waals surface area contributed by atoms with Crippen molar-refractivity contribution in [3.63, 3.8) is 0 Å². The first-order chi connectivity index (χ1) is 11.5. The van der Waals surface area contributed by atoms with Crippen LogP contribution in [0.1, 0.15) is 31.0 Å². The summed E-state index contributed by atoms with van der Waals surface area (Å²) < 4.78 is 27.1. The zero-order chi connectivity index (χ0) is 17.2. The molecule has 0 bridgehead atoms. The number of nitrogens with one attached hydrogen (secondary N) is 3. The molecule has 0 radical (unpaired) electrons. The molecule has 0 saturated heterocycles. The Morgan fingerprint density at radius 3 is 2.88 bits per heavy atom. The van der Waals surface area contributed by atoms with E-state index in [1.807, 2.05) is 0 Å². The van der Waals surface area contributed by atoms with Gasteiger partial charge < -0.3 is 5.32 Å². The Labute approximate surface area is 140 Å². The Bertz CT molecular complexity index is 819. The number of rotatable bonds is 5. The van der Waals surface area contributed by atoms with Gasteiger partial charge in [0, 0.05) is 24.6 Å². The van der Waals surface area contributed by atoms with Gasteiger partial charge in [0.15, 0.2) is 0 Å². The summed E-state index contributed by atoms with van der Waals surface area (Å²) in [5, 5.41) is 9.46. The van der Waals surface area contributed by atoms with Crippen molar-refractivity contribution in [2.45, 2.75) is 30.1 Å². The van der Waals surface area contributed by atoms with Crippen molar-refractivity contribution in [1.29, 1.82) is 0 Å². The molecule has 24 heavy (non-hydrogen) atoms. The second-order valence-corrected chi connectivity index (χ2v) is 7.44. The number of H-pyrrole nitrogens is 1. The topological polar surface area (TPSA) is 117 Å². The van der Waals surface area contributed by atoms with Gasteiger partial charge in [-0.3, -0.25) is 9.89 Å². The van der Waals surface area contributed by atoms with Crippen molar-refractivity contribution < 1.29 is 13.2 Å². The molecule has 2 aromatic rings. The van der Waals surface area contributed by atoms with Crippen molar-refractivity contribution in [3.8, 4) is 0 Å². The van der Waals surface area contributed by atoms with Crippen molar-refractivity contribution in [1.82, 2.24) is 19.9 Å². The van der Waals surface area contributed by atoms with E-state index in [0.717, 1.165) is 12.8 Å². The Hall–Kier alpha value is -2.42. The van der Waals surface area contributed by atoms with Crippen LogP contribution >= 0.6 is 0 Å². The lowest BCUT2D eigenvalue weighted by atomic mass is 9.95. The van der Waals surface area contributed by atoms with E-state index in [4.69, 9.17) is 0 Å². The van der Waals surface area contributed by atoms with E-state index in [2.05, 4.69) is 25.2 Å². The lowest BCUT2D eigenvalue weighted by Gasteiger charge is -2.17. The first kappa shape index (κ1) is 16.4. The molecule has 128 valence electrons. The molecule has 1 fully saturated rings. The smallest absolute Gasteiger partial charge is 0.264 e. The summed E-state index contributed by atoms with van der Waals surface area (Å²) in [6.07, 6.45) is 3.65. The minimum Gasteiger partial charge on any atom is -0.388 e. The van der Waals surface area contributed by atoms with Gasteiger partial charge in [-0.2, -0.15) is 5.10 Å². The number of aromatic nitrogens is 3. The van der Waals surface area contributed by atoms with Crippen molar-refractivity contribution in [2.75, 3.05) is 12.4 Å². The van der Waals surface area contributed by atoms with Gasteiger partial charge in [-0.15, -0.1) is 0 Å². The van der Waals surface area contributed by atoms with E-state index in [-0.39, 0.29) is 10.8 Å². The molecule has 1 heterocycles. The Morgan fingerprint density at radius 1 is 1.33 bits per heavy atom. The molecular formula is C15H19N5O3S. The minimum absolute atomic E-state index is 0.0527. The highest BCUT2D eigenvalue weighted by Crippen LogP contribution is 2.38. The molecule has 0 aliphatic heterocycles. The van der Waals surface area contributed by atoms with E-state index in [1.165, 1.54) is 18.5 Å². The van der Waals surface area contributed by atoms with E-state index in [0.29, 0.717) is 17.9 Å². The maximum atomic E-state index is 12.5. The van der Waals surface area contributed by atoms with E-state index < -0.39 is 21.8 Å². The van der Waals surface area contributed by atoms with E-state index in [1.54, 1.807) is 19.2 Å². The quantitative estimate of drug-likeness (QED) is 0.747. The van der Waals surface area contributed by atoms with Crippen LogP contribution in [0.25, 0.3) is 0 Å². The average molecular weight is 349 g/mol. The predicted octanol–water partition coefficient (Wildman–Crippen LogP) is 1.24. The molecule has 2 atom stereocenters. The second kappa shape index (κ2) is 6.60. The summed E-state index contributed by atoms with van der Waals surface area (Å²) in [7, 11) is -2.21. The number of benzene rings is 1. The van der Waals surface area contributed by atoms with Crippen LogP contribution in [0, 0.1) is 5.92 Å². The number of aromatic amines is 1. The number of hydrogen-bond acceptors (Lipinski definition) is 6. The van der Waals surface area contributed by atoms with Crippen LogP contribution in [-0.4, -0.2) is 36.6 Å². The molecule has 3 rings (SSSR count). The van der Waals surface area contributed by atoms with Crippen molar-refractivity contribution in [3.05, 3.63) is 36.4 Å². The number of carbonyl (C=O) groups excluding carboxylic acids is 1. The van der Waals surface area contributed by atoms with Gasteiger partial charge in [0.1, 0.15) is 12.2 Å². The number of anilines is 1. The second-order valence-electron chi connectivity index (χ2n) is 5.76. The predicted molar refractivity (Wildman–Crippen MR) is 87.8 cm³/mol. The van der Waals surface area contributed by atoms with Crippen molar-refractivity contribution >= 4 is 21.6 Å². The summed E-state index contributed by atoms with van der Waals surface area (Å²) in [6.45, 7) is 0. The van der Waals surface area contributed by atoms with E-state index in [9.17, 15) is 13.2 Å². The first-order valence-corrected chi connectivity index (χ1v) is 9.19. The van der Waals surface area contributed by atoms with Gasteiger partial charge in [-0.05, 0) is 31.0 Å². The standard InChI is InChI=1S/C15H19N5O3S/c1-16-10-4-2-5-11(8-10)24(22,23)20-15(21)13-7-3-6-12(13)14-17-9-18-19-14/h2,4-5,8-9,12-13,16H,3,6-7H2,1H3,(H,20,21)(H,17,18,19)/t12-,13+/m0/s1. The van der Waals surface area contributed by atoms with Crippen LogP contribution in [0.15, 0.2) is 35.5 Å². The molecule has 1 aromatic heterocycles. The Balaban J connectivity index is 1.78. The molecule has 1 aliphatic rings. The molecule has 1 amide bonds. The normalized spacial score (nSPS) is 20.7. The number of nitrogens with zero attached hydrogens (tertiary/aromatic N) is 2. The average Bonchev–Trinajstić information content (AvgIpc) is 3.25. The monoisotopic (exact) mass is 349 g/mol. The zero-order valence-corrected chi connectivity index (χ0v) is 14.0. The molecular weight excluding hydrogens is 330 g/mol. The molecule has 9 heteroatoms. The van der Waals surface area contributed by atoms with Crippen LogP contribution in [0.4, 0.5) is 5.69 Å². The number of carbonyl (C=O) groups is 1. The maximum absolute atomic E-state index is 12.5. The zero-order valence-electron chi connectivity index (χ0n) is 13.2. The summed E-state index contributed by atoms with van der Waals surface area (Å²) >= 11 is 0.